The van der Waals surface area contributed by atoms with Crippen LogP contribution in [0.25, 0.3) is 0 Å². The molecule has 2 N–H and O–H groups in total. The Balaban J connectivity index is 3.39. The highest BCUT2D eigenvalue weighted by Crippen LogP contribution is 1.95. The first-order chi connectivity index (χ1) is 5.20. The van der Waals surface area contributed by atoms with Gasteiger partial charge in [-0.25, -0.2) is 0 Å². The van der Waals surface area contributed by atoms with Gasteiger partial charge in [0.1, 0.15) is 0 Å². The lowest BCUT2D eigenvalue weighted by Crippen LogP contribution is -2.19. The van der Waals surface area contributed by atoms with Crippen LogP contribution >= 0.6 is 0 Å². The number of rotatable bonds is 4. The third-order valence-electron chi connectivity index (χ3n) is 1.13. The molecule has 0 radical (unpaired) electrons. The fourth-order valence-electron chi connectivity index (χ4n) is 0.571. The SMILES string of the molecule is CCOC(=O)CCC(N)C#N. The predicted octanol–water partition coefficient (Wildman–Crippen LogP) is 0.181. The van der Waals surface area contributed by atoms with E-state index in [1.807, 2.05) is 6.07 Å². The van der Waals surface area contributed by atoms with Gasteiger partial charge in [-0.05, 0) is 13.3 Å². The minimum absolute atomic E-state index is 0.225. The smallest absolute Gasteiger partial charge is 0.305 e. The molecule has 0 spiro atoms. The van der Waals surface area contributed by atoms with Crippen molar-refractivity contribution in [2.75, 3.05) is 6.61 Å². The average molecular weight is 156 g/mol. The van der Waals surface area contributed by atoms with Crippen molar-refractivity contribution >= 4 is 5.97 Å². The molecule has 0 heterocycles. The third-order valence-corrected chi connectivity index (χ3v) is 1.13. The summed E-state index contributed by atoms with van der Waals surface area (Å²) in [6.45, 7) is 2.11. The monoisotopic (exact) mass is 156 g/mol. The van der Waals surface area contributed by atoms with E-state index >= 15 is 0 Å². The molecule has 0 saturated heterocycles. The minimum Gasteiger partial charge on any atom is -0.466 e. The number of esters is 1. The van der Waals surface area contributed by atoms with Gasteiger partial charge in [0, 0.05) is 6.42 Å². The highest BCUT2D eigenvalue weighted by atomic mass is 16.5. The maximum atomic E-state index is 10.7. The first-order valence-electron chi connectivity index (χ1n) is 3.51. The Morgan fingerprint density at radius 2 is 2.45 bits per heavy atom. The number of carbonyl (C=O) groups is 1. The third kappa shape index (κ3) is 5.37. The number of ether oxygens (including phenoxy) is 1. The maximum absolute atomic E-state index is 10.7. The van der Waals surface area contributed by atoms with Crippen molar-refractivity contribution in [2.24, 2.45) is 5.73 Å². The molecule has 0 rings (SSSR count). The lowest BCUT2D eigenvalue weighted by molar-refractivity contribution is -0.143. The van der Waals surface area contributed by atoms with Crippen molar-refractivity contribution in [3.8, 4) is 6.07 Å². The average Bonchev–Trinajstić information content (AvgIpc) is 2.01. The standard InChI is InChI=1S/C7H12N2O2/c1-2-11-7(10)4-3-6(9)5-8/h6H,2-4,9H2,1H3. The Bertz CT molecular complexity index is 162. The zero-order valence-corrected chi connectivity index (χ0v) is 6.54. The van der Waals surface area contributed by atoms with Crippen LogP contribution in [0.3, 0.4) is 0 Å². The fourth-order valence-corrected chi connectivity index (χ4v) is 0.571. The van der Waals surface area contributed by atoms with Crippen LogP contribution in [0.5, 0.6) is 0 Å². The van der Waals surface area contributed by atoms with Crippen LogP contribution in [0.4, 0.5) is 0 Å². The summed E-state index contributed by atoms with van der Waals surface area (Å²) in [5.74, 6) is -0.293. The number of carbonyl (C=O) groups excluding carboxylic acids is 1. The normalized spacial score (nSPS) is 11.7. The zero-order chi connectivity index (χ0) is 8.69. The maximum Gasteiger partial charge on any atom is 0.305 e. The van der Waals surface area contributed by atoms with Gasteiger partial charge in [0.25, 0.3) is 0 Å². The molecule has 0 aromatic rings. The molecular weight excluding hydrogens is 144 g/mol. The van der Waals surface area contributed by atoms with Crippen molar-refractivity contribution in [3.63, 3.8) is 0 Å². The van der Waals surface area contributed by atoms with Gasteiger partial charge in [-0.1, -0.05) is 0 Å². The molecule has 62 valence electrons. The Morgan fingerprint density at radius 3 is 2.91 bits per heavy atom. The quantitative estimate of drug-likeness (QED) is 0.589. The second-order valence-electron chi connectivity index (χ2n) is 2.08. The zero-order valence-electron chi connectivity index (χ0n) is 6.54. The van der Waals surface area contributed by atoms with Gasteiger partial charge in [-0.2, -0.15) is 5.26 Å². The van der Waals surface area contributed by atoms with E-state index < -0.39 is 6.04 Å². The lowest BCUT2D eigenvalue weighted by Gasteiger charge is -2.01. The van der Waals surface area contributed by atoms with Gasteiger partial charge >= 0.3 is 5.97 Å². The Kier molecular flexibility index (Phi) is 5.13. The second kappa shape index (κ2) is 5.69. The van der Waals surface area contributed by atoms with Gasteiger partial charge < -0.3 is 10.5 Å². The molecule has 1 unspecified atom stereocenters. The minimum atomic E-state index is -0.556. The fraction of sp³-hybridized carbons (Fsp3) is 0.714. The van der Waals surface area contributed by atoms with Crippen LogP contribution in [0, 0.1) is 11.3 Å². The van der Waals surface area contributed by atoms with Crippen molar-refractivity contribution < 1.29 is 9.53 Å². The molecule has 0 aliphatic heterocycles. The second-order valence-corrected chi connectivity index (χ2v) is 2.08. The molecule has 0 saturated carbocycles. The van der Waals surface area contributed by atoms with Crippen molar-refractivity contribution in [2.45, 2.75) is 25.8 Å². The topological polar surface area (TPSA) is 76.1 Å². The molecule has 0 aromatic carbocycles. The summed E-state index contributed by atoms with van der Waals surface area (Å²) in [7, 11) is 0. The van der Waals surface area contributed by atoms with E-state index in [2.05, 4.69) is 4.74 Å². The number of nitrogens with zero attached hydrogens (tertiary/aromatic N) is 1. The van der Waals surface area contributed by atoms with Crippen LogP contribution in [0.2, 0.25) is 0 Å². The summed E-state index contributed by atoms with van der Waals surface area (Å²) in [5.41, 5.74) is 5.25. The van der Waals surface area contributed by atoms with E-state index in [1.165, 1.54) is 0 Å². The van der Waals surface area contributed by atoms with E-state index in [-0.39, 0.29) is 12.4 Å². The van der Waals surface area contributed by atoms with Crippen molar-refractivity contribution in [1.29, 1.82) is 5.26 Å². The molecule has 11 heavy (non-hydrogen) atoms. The highest BCUT2D eigenvalue weighted by Gasteiger charge is 2.05. The molecular formula is C7H12N2O2. The van der Waals surface area contributed by atoms with E-state index in [0.717, 1.165) is 0 Å². The molecule has 1 atom stereocenters. The molecule has 4 heteroatoms. The first-order valence-corrected chi connectivity index (χ1v) is 3.51. The van der Waals surface area contributed by atoms with Crippen LogP contribution in [-0.4, -0.2) is 18.6 Å². The first kappa shape index (κ1) is 9.92. The largest absolute Gasteiger partial charge is 0.466 e. The molecule has 0 amide bonds. The van der Waals surface area contributed by atoms with Crippen LogP contribution < -0.4 is 5.73 Å². The van der Waals surface area contributed by atoms with E-state index in [9.17, 15) is 4.79 Å². The Morgan fingerprint density at radius 1 is 1.82 bits per heavy atom. The van der Waals surface area contributed by atoms with Gasteiger partial charge in [-0.15, -0.1) is 0 Å². The summed E-state index contributed by atoms with van der Waals surface area (Å²) >= 11 is 0. The predicted molar refractivity (Wildman–Crippen MR) is 39.5 cm³/mol. The summed E-state index contributed by atoms with van der Waals surface area (Å²) in [5, 5.41) is 8.25. The van der Waals surface area contributed by atoms with Gasteiger partial charge in [0.15, 0.2) is 0 Å². The van der Waals surface area contributed by atoms with Crippen molar-refractivity contribution in [3.05, 3.63) is 0 Å². The van der Waals surface area contributed by atoms with E-state index in [1.54, 1.807) is 6.92 Å². The molecule has 0 aliphatic rings. The number of nitriles is 1. The van der Waals surface area contributed by atoms with Crippen LogP contribution in [0.1, 0.15) is 19.8 Å². The number of hydrogen-bond acceptors (Lipinski definition) is 4. The molecule has 0 aliphatic carbocycles. The van der Waals surface area contributed by atoms with Crippen molar-refractivity contribution in [1.82, 2.24) is 0 Å². The summed E-state index contributed by atoms with van der Waals surface area (Å²) in [4.78, 5) is 10.7. The highest BCUT2D eigenvalue weighted by molar-refractivity contribution is 5.69. The number of nitrogens with two attached hydrogens (primary N) is 1. The summed E-state index contributed by atoms with van der Waals surface area (Å²) < 4.78 is 4.63. The summed E-state index contributed by atoms with van der Waals surface area (Å²) in [6, 6.07) is 1.28. The molecule has 0 bridgehead atoms. The van der Waals surface area contributed by atoms with Crippen LogP contribution in [0.15, 0.2) is 0 Å². The van der Waals surface area contributed by atoms with E-state index in [4.69, 9.17) is 11.0 Å². The molecule has 0 aromatic heterocycles. The van der Waals surface area contributed by atoms with Gasteiger partial charge in [-0.3, -0.25) is 4.79 Å². The van der Waals surface area contributed by atoms with Crippen LogP contribution in [-0.2, 0) is 9.53 Å². The van der Waals surface area contributed by atoms with E-state index in [0.29, 0.717) is 13.0 Å². The number of hydrogen-bond donors (Lipinski definition) is 1. The summed E-state index contributed by atoms with van der Waals surface area (Å²) in [6.07, 6.45) is 0.595. The molecule has 0 fully saturated rings. The molecule has 4 nitrogen and oxygen atoms in total. The Labute approximate surface area is 65.9 Å². The lowest BCUT2D eigenvalue weighted by atomic mass is 10.2. The Hall–Kier alpha value is -1.08. The van der Waals surface area contributed by atoms with Gasteiger partial charge in [0.2, 0.25) is 0 Å². The van der Waals surface area contributed by atoms with Gasteiger partial charge in [0.05, 0.1) is 18.7 Å².